The third-order valence-corrected chi connectivity index (χ3v) is 1.44. The van der Waals surface area contributed by atoms with Crippen LogP contribution in [0.2, 0.25) is 0 Å². The van der Waals surface area contributed by atoms with Crippen LogP contribution < -0.4 is 0 Å². The Balaban J connectivity index is 2.54. The van der Waals surface area contributed by atoms with Gasteiger partial charge in [0.1, 0.15) is 0 Å². The first-order chi connectivity index (χ1) is 6.33. The Hall–Kier alpha value is -1.57. The van der Waals surface area contributed by atoms with E-state index in [0.29, 0.717) is 6.61 Å². The molecule has 1 aromatic carbocycles. The number of rotatable bonds is 3. The third kappa shape index (κ3) is 3.56. The summed E-state index contributed by atoms with van der Waals surface area (Å²) in [5.74, 6) is -0.310. The second-order valence-electron chi connectivity index (χ2n) is 2.42. The van der Waals surface area contributed by atoms with Crippen LogP contribution in [0.1, 0.15) is 12.5 Å². The van der Waals surface area contributed by atoms with Gasteiger partial charge in [-0.3, -0.25) is 0 Å². The summed E-state index contributed by atoms with van der Waals surface area (Å²) < 4.78 is 4.73. The lowest BCUT2D eigenvalue weighted by atomic mass is 10.2. The Morgan fingerprint density at radius 1 is 1.54 bits per heavy atom. The van der Waals surface area contributed by atoms with E-state index in [1.54, 1.807) is 25.1 Å². The van der Waals surface area contributed by atoms with E-state index in [9.17, 15) is 4.79 Å². The van der Waals surface area contributed by atoms with Crippen molar-refractivity contribution in [2.24, 2.45) is 0 Å². The highest BCUT2D eigenvalue weighted by atomic mass is 16.5. The van der Waals surface area contributed by atoms with Crippen LogP contribution in [-0.2, 0) is 9.53 Å². The molecule has 2 heteroatoms. The maximum Gasteiger partial charge on any atom is 0.330 e. The van der Waals surface area contributed by atoms with Crippen molar-refractivity contribution in [3.05, 3.63) is 42.0 Å². The van der Waals surface area contributed by atoms with Crippen LogP contribution in [0.4, 0.5) is 0 Å². The number of ether oxygens (including phenoxy) is 1. The molecule has 0 unspecified atom stereocenters. The fourth-order valence-electron chi connectivity index (χ4n) is 0.866. The molecule has 1 aromatic rings. The summed E-state index contributed by atoms with van der Waals surface area (Å²) in [6, 6.07) is 10.2. The number of carbonyl (C=O) groups excluding carboxylic acids is 1. The fraction of sp³-hybridized carbons (Fsp3) is 0.182. The van der Waals surface area contributed by atoms with E-state index in [1.807, 2.05) is 12.1 Å². The average molecular weight is 175 g/mol. The second kappa shape index (κ2) is 5.14. The maximum absolute atomic E-state index is 10.9. The monoisotopic (exact) mass is 175 g/mol. The molecule has 0 saturated heterocycles. The molecular weight excluding hydrogens is 164 g/mol. The van der Waals surface area contributed by atoms with Crippen LogP contribution in [0.25, 0.3) is 6.08 Å². The van der Waals surface area contributed by atoms with Gasteiger partial charge in [0.25, 0.3) is 0 Å². The molecule has 0 aliphatic heterocycles. The molecule has 0 spiro atoms. The van der Waals surface area contributed by atoms with Crippen LogP contribution in [0, 0.1) is 6.07 Å². The molecule has 0 saturated carbocycles. The normalized spacial score (nSPS) is 10.2. The van der Waals surface area contributed by atoms with E-state index in [1.165, 1.54) is 6.08 Å². The zero-order valence-electron chi connectivity index (χ0n) is 7.49. The largest absolute Gasteiger partial charge is 0.463 e. The van der Waals surface area contributed by atoms with Gasteiger partial charge in [-0.25, -0.2) is 4.79 Å². The molecule has 0 bridgehead atoms. The van der Waals surface area contributed by atoms with Crippen molar-refractivity contribution in [3.63, 3.8) is 0 Å². The first-order valence-corrected chi connectivity index (χ1v) is 4.14. The summed E-state index contributed by atoms with van der Waals surface area (Å²) in [7, 11) is 0. The van der Waals surface area contributed by atoms with E-state index < -0.39 is 0 Å². The Morgan fingerprint density at radius 3 is 2.85 bits per heavy atom. The van der Waals surface area contributed by atoms with Crippen LogP contribution >= 0.6 is 0 Å². The second-order valence-corrected chi connectivity index (χ2v) is 2.42. The Kier molecular flexibility index (Phi) is 3.76. The van der Waals surface area contributed by atoms with E-state index in [-0.39, 0.29) is 5.97 Å². The minimum atomic E-state index is -0.310. The molecule has 67 valence electrons. The van der Waals surface area contributed by atoms with Gasteiger partial charge in [-0.2, -0.15) is 0 Å². The minimum absolute atomic E-state index is 0.310. The highest BCUT2D eigenvalue weighted by Crippen LogP contribution is 2.00. The Labute approximate surface area is 77.8 Å². The van der Waals surface area contributed by atoms with Crippen molar-refractivity contribution in [2.45, 2.75) is 6.92 Å². The zero-order valence-corrected chi connectivity index (χ0v) is 7.49. The summed E-state index contributed by atoms with van der Waals surface area (Å²) in [6.07, 6.45) is 3.13. The summed E-state index contributed by atoms with van der Waals surface area (Å²) in [5, 5.41) is 0. The molecule has 0 aliphatic carbocycles. The summed E-state index contributed by atoms with van der Waals surface area (Å²) >= 11 is 0. The minimum Gasteiger partial charge on any atom is -0.463 e. The molecule has 0 atom stereocenters. The van der Waals surface area contributed by atoms with E-state index >= 15 is 0 Å². The Morgan fingerprint density at radius 2 is 2.23 bits per heavy atom. The van der Waals surface area contributed by atoms with Crippen molar-refractivity contribution < 1.29 is 9.53 Å². The SMILES string of the molecule is CCOC(=O)C=Cc1cc[c]cc1. The quantitative estimate of drug-likeness (QED) is 0.519. The smallest absolute Gasteiger partial charge is 0.330 e. The van der Waals surface area contributed by atoms with Crippen LogP contribution in [0.15, 0.2) is 30.3 Å². The molecule has 0 aliphatic rings. The topological polar surface area (TPSA) is 26.3 Å². The van der Waals surface area contributed by atoms with E-state index in [2.05, 4.69) is 6.07 Å². The van der Waals surface area contributed by atoms with Gasteiger partial charge < -0.3 is 4.74 Å². The number of carbonyl (C=O) groups is 1. The van der Waals surface area contributed by atoms with Gasteiger partial charge in [0.2, 0.25) is 0 Å². The van der Waals surface area contributed by atoms with E-state index in [0.717, 1.165) is 5.56 Å². The van der Waals surface area contributed by atoms with Crippen LogP contribution in [0.3, 0.4) is 0 Å². The number of hydrogen-bond donors (Lipinski definition) is 0. The maximum atomic E-state index is 10.9. The molecule has 1 radical (unpaired) electrons. The predicted molar refractivity (Wildman–Crippen MR) is 50.9 cm³/mol. The molecule has 1 rings (SSSR count). The van der Waals surface area contributed by atoms with Gasteiger partial charge >= 0.3 is 5.97 Å². The van der Waals surface area contributed by atoms with Crippen LogP contribution in [0.5, 0.6) is 0 Å². The van der Waals surface area contributed by atoms with Crippen LogP contribution in [-0.4, -0.2) is 12.6 Å². The lowest BCUT2D eigenvalue weighted by Crippen LogP contribution is -1.98. The fourth-order valence-corrected chi connectivity index (χ4v) is 0.866. The molecule has 0 N–H and O–H groups in total. The predicted octanol–water partition coefficient (Wildman–Crippen LogP) is 2.06. The third-order valence-electron chi connectivity index (χ3n) is 1.44. The molecule has 0 fully saturated rings. The molecular formula is C11H11O2. The number of hydrogen-bond acceptors (Lipinski definition) is 2. The molecule has 0 heterocycles. The zero-order chi connectivity index (χ0) is 9.52. The highest BCUT2D eigenvalue weighted by Gasteiger charge is 1.92. The summed E-state index contributed by atoms with van der Waals surface area (Å²) in [5.41, 5.74) is 0.965. The molecule has 2 nitrogen and oxygen atoms in total. The first-order valence-electron chi connectivity index (χ1n) is 4.14. The van der Waals surface area contributed by atoms with E-state index in [4.69, 9.17) is 4.74 Å². The lowest BCUT2D eigenvalue weighted by molar-refractivity contribution is -0.137. The number of benzene rings is 1. The van der Waals surface area contributed by atoms with Gasteiger partial charge in [-0.15, -0.1) is 0 Å². The Bertz CT molecular complexity index is 288. The average Bonchev–Trinajstić information content (AvgIpc) is 2.17. The summed E-state index contributed by atoms with van der Waals surface area (Å²) in [6.45, 7) is 2.19. The van der Waals surface area contributed by atoms with Gasteiger partial charge in [-0.05, 0) is 24.6 Å². The first kappa shape index (κ1) is 9.52. The van der Waals surface area contributed by atoms with Crippen molar-refractivity contribution >= 4 is 12.0 Å². The standard InChI is InChI=1S/C11H11O2/c1-2-13-11(12)9-8-10-6-4-3-5-7-10/h4-9H,2H2,1H3. The number of esters is 1. The molecule has 13 heavy (non-hydrogen) atoms. The van der Waals surface area contributed by atoms with Crippen molar-refractivity contribution in [2.75, 3.05) is 6.61 Å². The van der Waals surface area contributed by atoms with Crippen molar-refractivity contribution in [1.82, 2.24) is 0 Å². The van der Waals surface area contributed by atoms with Gasteiger partial charge in [0.05, 0.1) is 6.61 Å². The molecule has 0 aromatic heterocycles. The van der Waals surface area contributed by atoms with Crippen molar-refractivity contribution in [3.8, 4) is 0 Å². The summed E-state index contributed by atoms with van der Waals surface area (Å²) in [4.78, 5) is 10.9. The highest BCUT2D eigenvalue weighted by molar-refractivity contribution is 5.86. The molecule has 0 amide bonds. The lowest BCUT2D eigenvalue weighted by Gasteiger charge is -1.94. The van der Waals surface area contributed by atoms with Gasteiger partial charge in [0, 0.05) is 6.08 Å². The van der Waals surface area contributed by atoms with Gasteiger partial charge in [0.15, 0.2) is 0 Å². The van der Waals surface area contributed by atoms with Gasteiger partial charge in [-0.1, -0.05) is 24.3 Å². The van der Waals surface area contributed by atoms with Crippen molar-refractivity contribution in [1.29, 1.82) is 0 Å².